The van der Waals surface area contributed by atoms with Gasteiger partial charge in [0.25, 0.3) is 0 Å². The summed E-state index contributed by atoms with van der Waals surface area (Å²) in [5.74, 6) is -1.48. The minimum Gasteiger partial charge on any atom is -0.460 e. The van der Waals surface area contributed by atoms with E-state index in [1.807, 2.05) is 6.92 Å². The highest BCUT2D eigenvalue weighted by Crippen LogP contribution is 2.30. The van der Waals surface area contributed by atoms with E-state index in [9.17, 15) is 9.90 Å². The largest absolute Gasteiger partial charge is 0.460 e. The van der Waals surface area contributed by atoms with Gasteiger partial charge < -0.3 is 14.6 Å². The molecule has 0 heterocycles. The average Bonchev–Trinajstić information content (AvgIpc) is 2.34. The van der Waals surface area contributed by atoms with Gasteiger partial charge in [-0.3, -0.25) is 0 Å². The molecular formula is C13H22O4. The van der Waals surface area contributed by atoms with E-state index in [1.165, 1.54) is 0 Å². The summed E-state index contributed by atoms with van der Waals surface area (Å²) in [4.78, 5) is 10.9. The highest BCUT2D eigenvalue weighted by molar-refractivity contribution is 5.81. The van der Waals surface area contributed by atoms with Crippen LogP contribution in [0.25, 0.3) is 0 Å². The molecule has 4 nitrogen and oxygen atoms in total. The second kappa shape index (κ2) is 6.77. The van der Waals surface area contributed by atoms with E-state index >= 15 is 0 Å². The Bertz CT molecular complexity index is 256. The number of rotatable bonds is 6. The van der Waals surface area contributed by atoms with E-state index in [1.54, 1.807) is 0 Å². The number of hydrogen-bond donors (Lipinski definition) is 1. The average molecular weight is 242 g/mol. The van der Waals surface area contributed by atoms with Crippen molar-refractivity contribution in [1.29, 1.82) is 0 Å². The highest BCUT2D eigenvalue weighted by atomic mass is 16.6. The zero-order valence-corrected chi connectivity index (χ0v) is 10.5. The SMILES string of the molecule is C=CC(=O)OCC(CC)OC1(O)CCCCC1. The van der Waals surface area contributed by atoms with E-state index in [0.717, 1.165) is 25.3 Å². The zero-order chi connectivity index (χ0) is 12.7. The molecule has 0 amide bonds. The molecule has 1 atom stereocenters. The van der Waals surface area contributed by atoms with Gasteiger partial charge in [0.2, 0.25) is 0 Å². The van der Waals surface area contributed by atoms with Crippen LogP contribution < -0.4 is 0 Å². The van der Waals surface area contributed by atoms with Crippen LogP contribution in [0, 0.1) is 0 Å². The van der Waals surface area contributed by atoms with Gasteiger partial charge in [-0.15, -0.1) is 0 Å². The predicted octanol–water partition coefficient (Wildman–Crippen LogP) is 2.16. The van der Waals surface area contributed by atoms with Gasteiger partial charge in [0.15, 0.2) is 5.79 Å². The van der Waals surface area contributed by atoms with Crippen molar-refractivity contribution >= 4 is 5.97 Å². The van der Waals surface area contributed by atoms with Crippen LogP contribution >= 0.6 is 0 Å². The molecule has 1 rings (SSSR count). The van der Waals surface area contributed by atoms with Gasteiger partial charge in [0, 0.05) is 18.9 Å². The topological polar surface area (TPSA) is 55.8 Å². The maximum absolute atomic E-state index is 10.9. The van der Waals surface area contributed by atoms with E-state index in [4.69, 9.17) is 9.47 Å². The molecule has 4 heteroatoms. The summed E-state index contributed by atoms with van der Waals surface area (Å²) in [6.45, 7) is 5.44. The molecule has 1 N–H and O–H groups in total. The van der Waals surface area contributed by atoms with Gasteiger partial charge in [0.05, 0.1) is 6.10 Å². The Hall–Kier alpha value is -0.870. The lowest BCUT2D eigenvalue weighted by Crippen LogP contribution is -2.40. The Morgan fingerprint density at radius 3 is 2.65 bits per heavy atom. The second-order valence-corrected chi connectivity index (χ2v) is 4.49. The van der Waals surface area contributed by atoms with Crippen molar-refractivity contribution in [2.45, 2.75) is 57.3 Å². The van der Waals surface area contributed by atoms with Crippen LogP contribution in [0.15, 0.2) is 12.7 Å². The number of aliphatic hydroxyl groups is 1. The molecule has 0 aromatic rings. The van der Waals surface area contributed by atoms with E-state index in [0.29, 0.717) is 19.3 Å². The molecule has 1 saturated carbocycles. The number of carbonyl (C=O) groups is 1. The Labute approximate surface area is 103 Å². The quantitative estimate of drug-likeness (QED) is 0.440. The van der Waals surface area contributed by atoms with E-state index in [2.05, 4.69) is 6.58 Å². The second-order valence-electron chi connectivity index (χ2n) is 4.49. The molecule has 0 aromatic carbocycles. The molecule has 0 spiro atoms. The van der Waals surface area contributed by atoms with Crippen LogP contribution in [0.1, 0.15) is 45.4 Å². The minimum atomic E-state index is -1.03. The fourth-order valence-corrected chi connectivity index (χ4v) is 2.00. The maximum atomic E-state index is 10.9. The third kappa shape index (κ3) is 4.88. The van der Waals surface area contributed by atoms with Crippen LogP contribution in [0.5, 0.6) is 0 Å². The highest BCUT2D eigenvalue weighted by Gasteiger charge is 2.32. The molecular weight excluding hydrogens is 220 g/mol. The lowest BCUT2D eigenvalue weighted by atomic mass is 9.94. The monoisotopic (exact) mass is 242 g/mol. The van der Waals surface area contributed by atoms with Crippen LogP contribution in [0.2, 0.25) is 0 Å². The Morgan fingerprint density at radius 2 is 2.12 bits per heavy atom. The molecule has 1 fully saturated rings. The Kier molecular flexibility index (Phi) is 5.65. The summed E-state index contributed by atoms with van der Waals surface area (Å²) in [5.41, 5.74) is 0. The molecule has 1 aliphatic rings. The van der Waals surface area contributed by atoms with Gasteiger partial charge >= 0.3 is 5.97 Å². The third-order valence-electron chi connectivity index (χ3n) is 3.05. The molecule has 17 heavy (non-hydrogen) atoms. The molecule has 0 saturated heterocycles. The molecule has 0 radical (unpaired) electrons. The van der Waals surface area contributed by atoms with Crippen LogP contribution in [-0.4, -0.2) is 29.6 Å². The van der Waals surface area contributed by atoms with Gasteiger partial charge in [-0.05, 0) is 19.3 Å². The van der Waals surface area contributed by atoms with E-state index < -0.39 is 11.8 Å². The molecule has 1 unspecified atom stereocenters. The Balaban J connectivity index is 2.39. The number of carbonyl (C=O) groups excluding carboxylic acids is 1. The summed E-state index contributed by atoms with van der Waals surface area (Å²) < 4.78 is 10.6. The molecule has 0 aromatic heterocycles. The summed E-state index contributed by atoms with van der Waals surface area (Å²) >= 11 is 0. The zero-order valence-electron chi connectivity index (χ0n) is 10.5. The van der Waals surface area contributed by atoms with Gasteiger partial charge in [-0.2, -0.15) is 0 Å². The fourth-order valence-electron chi connectivity index (χ4n) is 2.00. The smallest absolute Gasteiger partial charge is 0.330 e. The van der Waals surface area contributed by atoms with Crippen molar-refractivity contribution < 1.29 is 19.4 Å². The number of esters is 1. The summed E-state index contributed by atoms with van der Waals surface area (Å²) in [6, 6.07) is 0. The van der Waals surface area contributed by atoms with Gasteiger partial charge in [-0.25, -0.2) is 4.79 Å². The number of ether oxygens (including phenoxy) is 2. The predicted molar refractivity (Wildman–Crippen MR) is 64.4 cm³/mol. The van der Waals surface area contributed by atoms with Crippen molar-refractivity contribution in [2.24, 2.45) is 0 Å². The van der Waals surface area contributed by atoms with Crippen molar-refractivity contribution in [3.63, 3.8) is 0 Å². The number of hydrogen-bond acceptors (Lipinski definition) is 4. The van der Waals surface area contributed by atoms with Crippen LogP contribution in [-0.2, 0) is 14.3 Å². The van der Waals surface area contributed by atoms with Crippen molar-refractivity contribution in [3.8, 4) is 0 Å². The summed E-state index contributed by atoms with van der Waals surface area (Å²) in [6.07, 6.45) is 6.03. The molecule has 98 valence electrons. The van der Waals surface area contributed by atoms with Crippen LogP contribution in [0.4, 0.5) is 0 Å². The van der Waals surface area contributed by atoms with Crippen molar-refractivity contribution in [3.05, 3.63) is 12.7 Å². The summed E-state index contributed by atoms with van der Waals surface area (Å²) in [5, 5.41) is 10.2. The maximum Gasteiger partial charge on any atom is 0.330 e. The summed E-state index contributed by atoms with van der Waals surface area (Å²) in [7, 11) is 0. The van der Waals surface area contributed by atoms with Crippen molar-refractivity contribution in [2.75, 3.05) is 6.61 Å². The first kappa shape index (κ1) is 14.2. The first-order valence-electron chi connectivity index (χ1n) is 6.29. The first-order valence-corrected chi connectivity index (χ1v) is 6.29. The van der Waals surface area contributed by atoms with Crippen molar-refractivity contribution in [1.82, 2.24) is 0 Å². The first-order chi connectivity index (χ1) is 8.09. The molecule has 0 bridgehead atoms. The molecule has 0 aliphatic heterocycles. The fraction of sp³-hybridized carbons (Fsp3) is 0.769. The van der Waals surface area contributed by atoms with Crippen LogP contribution in [0.3, 0.4) is 0 Å². The normalized spacial score (nSPS) is 20.6. The lowest BCUT2D eigenvalue weighted by Gasteiger charge is -2.35. The Morgan fingerprint density at radius 1 is 1.47 bits per heavy atom. The standard InChI is InChI=1S/C13H22O4/c1-3-11(10-16-12(14)4-2)17-13(15)8-6-5-7-9-13/h4,11,15H,2-3,5-10H2,1H3. The lowest BCUT2D eigenvalue weighted by molar-refractivity contribution is -0.251. The van der Waals surface area contributed by atoms with Gasteiger partial charge in [-0.1, -0.05) is 19.9 Å². The minimum absolute atomic E-state index is 0.170. The molecule has 1 aliphatic carbocycles. The van der Waals surface area contributed by atoms with Gasteiger partial charge in [0.1, 0.15) is 6.61 Å². The third-order valence-corrected chi connectivity index (χ3v) is 3.05. The van der Waals surface area contributed by atoms with E-state index in [-0.39, 0.29) is 12.7 Å².